The number of hydrogen-bond donors (Lipinski definition) is 1. The maximum Gasteiger partial charge on any atom is 0.440 e. The van der Waals surface area contributed by atoms with Gasteiger partial charge in [0.25, 0.3) is 5.72 Å². The third-order valence-corrected chi connectivity index (χ3v) is 4.03. The van der Waals surface area contributed by atoms with Crippen molar-refractivity contribution in [2.24, 2.45) is 4.99 Å². The number of fused-ring (bicyclic) bond motifs is 1. The van der Waals surface area contributed by atoms with E-state index in [2.05, 4.69) is 4.99 Å². The zero-order chi connectivity index (χ0) is 15.3. The average Bonchev–Trinajstić information content (AvgIpc) is 2.51. The number of halogens is 4. The van der Waals surface area contributed by atoms with Crippen LogP contribution >= 0.6 is 11.6 Å². The summed E-state index contributed by atoms with van der Waals surface area (Å²) in [6.45, 7) is 0. The molecule has 112 valence electrons. The average molecular weight is 331 g/mol. The molecule has 0 fully saturated rings. The van der Waals surface area contributed by atoms with E-state index in [-0.39, 0.29) is 10.9 Å². The normalized spacial score (nSPS) is 30.1. The first kappa shape index (κ1) is 15.3. The highest BCUT2D eigenvalue weighted by molar-refractivity contribution is 7.90. The summed E-state index contributed by atoms with van der Waals surface area (Å²) in [5, 5.41) is 9.95. The van der Waals surface area contributed by atoms with Gasteiger partial charge >= 0.3 is 6.18 Å². The zero-order valence-corrected chi connectivity index (χ0v) is 11.7. The summed E-state index contributed by atoms with van der Waals surface area (Å²) in [5.74, 6) is -1.10. The molecular formula is C10H10ClF3N2O3S. The number of alkyl halides is 3. The van der Waals surface area contributed by atoms with Crippen LogP contribution in [0.5, 0.6) is 0 Å². The maximum absolute atomic E-state index is 13.1. The molecule has 2 rings (SSSR count). The first-order chi connectivity index (χ1) is 8.94. The van der Waals surface area contributed by atoms with E-state index in [1.165, 1.54) is 12.2 Å². The Morgan fingerprint density at radius 1 is 1.50 bits per heavy atom. The lowest BCUT2D eigenvalue weighted by atomic mass is 10.1. The number of allylic oxidation sites excluding steroid dienone is 2. The van der Waals surface area contributed by atoms with E-state index in [4.69, 9.17) is 11.6 Å². The highest BCUT2D eigenvalue weighted by atomic mass is 35.5. The van der Waals surface area contributed by atoms with Crippen LogP contribution in [-0.4, -0.2) is 54.2 Å². The molecule has 0 aromatic rings. The van der Waals surface area contributed by atoms with Crippen molar-refractivity contribution in [1.82, 2.24) is 4.90 Å². The molecule has 0 spiro atoms. The van der Waals surface area contributed by atoms with Crippen LogP contribution in [0.4, 0.5) is 13.2 Å². The van der Waals surface area contributed by atoms with Crippen LogP contribution in [0.1, 0.15) is 0 Å². The molecule has 0 aliphatic carbocycles. The van der Waals surface area contributed by atoms with E-state index >= 15 is 0 Å². The lowest BCUT2D eigenvalue weighted by Crippen LogP contribution is -2.57. The van der Waals surface area contributed by atoms with Gasteiger partial charge in [0.15, 0.2) is 0 Å². The predicted molar refractivity (Wildman–Crippen MR) is 66.9 cm³/mol. The molecule has 0 unspecified atom stereocenters. The fourth-order valence-corrected chi connectivity index (χ4v) is 3.14. The van der Waals surface area contributed by atoms with E-state index in [1.54, 1.807) is 0 Å². The molecule has 20 heavy (non-hydrogen) atoms. The van der Waals surface area contributed by atoms with Gasteiger partial charge in [0.1, 0.15) is 21.7 Å². The lowest BCUT2D eigenvalue weighted by molar-refractivity contribution is -0.264. The van der Waals surface area contributed by atoms with E-state index in [1.807, 2.05) is 0 Å². The van der Waals surface area contributed by atoms with Gasteiger partial charge in [-0.15, -0.1) is 0 Å². The molecule has 0 saturated carbocycles. The fourth-order valence-electron chi connectivity index (χ4n) is 2.01. The molecule has 1 N–H and O–H groups in total. The summed E-state index contributed by atoms with van der Waals surface area (Å²) >= 11 is 5.69. The SMILES string of the molecule is CS(=O)(=O)C[C@@H]1N2C=C(Cl)C=CC2=N[C@@]1(O)C(F)(F)F. The predicted octanol–water partition coefficient (Wildman–Crippen LogP) is 1.01. The highest BCUT2D eigenvalue weighted by Crippen LogP contribution is 2.42. The summed E-state index contributed by atoms with van der Waals surface area (Å²) in [6, 6.07) is -1.81. The quantitative estimate of drug-likeness (QED) is 0.820. The zero-order valence-electron chi connectivity index (χ0n) is 10.1. The largest absolute Gasteiger partial charge is 0.440 e. The Morgan fingerprint density at radius 2 is 2.10 bits per heavy atom. The van der Waals surface area contributed by atoms with Gasteiger partial charge < -0.3 is 10.0 Å². The maximum atomic E-state index is 13.1. The summed E-state index contributed by atoms with van der Waals surface area (Å²) in [5.41, 5.74) is -3.49. The minimum absolute atomic E-state index is 0.105. The van der Waals surface area contributed by atoms with Crippen LogP contribution < -0.4 is 0 Å². The van der Waals surface area contributed by atoms with Crippen LogP contribution in [0.15, 0.2) is 28.4 Å². The van der Waals surface area contributed by atoms with Crippen LogP contribution in [0.2, 0.25) is 0 Å². The summed E-state index contributed by atoms with van der Waals surface area (Å²) in [6.07, 6.45) is -0.731. The van der Waals surface area contributed by atoms with Gasteiger partial charge in [-0.2, -0.15) is 13.2 Å². The summed E-state index contributed by atoms with van der Waals surface area (Å²) < 4.78 is 61.8. The fraction of sp³-hybridized carbons (Fsp3) is 0.500. The van der Waals surface area contributed by atoms with Crippen LogP contribution in [-0.2, 0) is 9.84 Å². The Balaban J connectivity index is 2.52. The molecule has 0 aromatic heterocycles. The third-order valence-electron chi connectivity index (χ3n) is 2.88. The molecule has 0 radical (unpaired) electrons. The van der Waals surface area contributed by atoms with E-state index < -0.39 is 33.5 Å². The molecule has 5 nitrogen and oxygen atoms in total. The van der Waals surface area contributed by atoms with Crippen molar-refractivity contribution >= 4 is 27.3 Å². The monoisotopic (exact) mass is 330 g/mol. The van der Waals surface area contributed by atoms with Gasteiger partial charge in [0, 0.05) is 12.5 Å². The molecule has 2 atom stereocenters. The van der Waals surface area contributed by atoms with Crippen molar-refractivity contribution in [2.45, 2.75) is 17.9 Å². The number of nitrogens with zero attached hydrogens (tertiary/aromatic N) is 2. The summed E-state index contributed by atoms with van der Waals surface area (Å²) in [4.78, 5) is 4.16. The molecule has 0 aromatic carbocycles. The number of aliphatic hydroxyl groups is 1. The Hall–Kier alpha value is -1.06. The number of aliphatic imine (C=N–C) groups is 1. The molecule has 2 aliphatic heterocycles. The van der Waals surface area contributed by atoms with Gasteiger partial charge in [-0.3, -0.25) is 0 Å². The van der Waals surface area contributed by atoms with E-state index in [9.17, 15) is 26.7 Å². The first-order valence-corrected chi connectivity index (χ1v) is 7.78. The van der Waals surface area contributed by atoms with Crippen molar-refractivity contribution in [1.29, 1.82) is 0 Å². The van der Waals surface area contributed by atoms with Crippen molar-refractivity contribution in [3.8, 4) is 0 Å². The number of hydrogen-bond acceptors (Lipinski definition) is 5. The smallest absolute Gasteiger partial charge is 0.360 e. The number of amidine groups is 1. The lowest BCUT2D eigenvalue weighted by Gasteiger charge is -2.33. The van der Waals surface area contributed by atoms with Gasteiger partial charge in [-0.1, -0.05) is 11.6 Å². The molecule has 2 aliphatic rings. The Bertz CT molecular complexity index is 626. The first-order valence-electron chi connectivity index (χ1n) is 5.34. The second-order valence-corrected chi connectivity index (χ2v) is 7.18. The minimum Gasteiger partial charge on any atom is -0.360 e. The van der Waals surface area contributed by atoms with E-state index in [0.29, 0.717) is 0 Å². The molecule has 0 amide bonds. The van der Waals surface area contributed by atoms with Crippen LogP contribution in [0.25, 0.3) is 0 Å². The van der Waals surface area contributed by atoms with Gasteiger partial charge in [-0.25, -0.2) is 13.4 Å². The second-order valence-electron chi connectivity index (χ2n) is 4.56. The number of rotatable bonds is 2. The van der Waals surface area contributed by atoms with Crippen molar-refractivity contribution in [3.63, 3.8) is 0 Å². The molecule has 10 heteroatoms. The Kier molecular flexibility index (Phi) is 3.43. The van der Waals surface area contributed by atoms with Crippen molar-refractivity contribution < 1.29 is 26.7 Å². The van der Waals surface area contributed by atoms with Crippen LogP contribution in [0, 0.1) is 0 Å². The molecule has 2 heterocycles. The van der Waals surface area contributed by atoms with E-state index in [0.717, 1.165) is 17.4 Å². The van der Waals surface area contributed by atoms with Gasteiger partial charge in [0.05, 0.1) is 10.8 Å². The third kappa shape index (κ3) is 2.57. The molecule has 0 bridgehead atoms. The van der Waals surface area contributed by atoms with Crippen molar-refractivity contribution in [2.75, 3.05) is 12.0 Å². The van der Waals surface area contributed by atoms with Crippen LogP contribution in [0.3, 0.4) is 0 Å². The summed E-state index contributed by atoms with van der Waals surface area (Å²) in [7, 11) is -3.78. The molecular weight excluding hydrogens is 321 g/mol. The topological polar surface area (TPSA) is 70.0 Å². The van der Waals surface area contributed by atoms with Crippen molar-refractivity contribution in [3.05, 3.63) is 23.4 Å². The minimum atomic E-state index is -5.11. The molecule has 0 saturated heterocycles. The Labute approximate surface area is 118 Å². The second kappa shape index (κ2) is 4.47. The highest BCUT2D eigenvalue weighted by Gasteiger charge is 2.64. The Morgan fingerprint density at radius 3 is 2.60 bits per heavy atom. The van der Waals surface area contributed by atoms with Gasteiger partial charge in [-0.05, 0) is 12.2 Å². The number of sulfone groups is 1. The standard InChI is InChI=1S/C10H10ClF3N2O3S/c1-20(18,19)5-7-9(17,10(12,13)14)15-8-3-2-6(11)4-16(7)8/h2-4,7,17H,5H2,1H3/t7-,9-/m0/s1. The van der Waals surface area contributed by atoms with Gasteiger partial charge in [0.2, 0.25) is 0 Å².